The molecule has 0 aliphatic rings. The largest absolute Gasteiger partial charge is 0.434 e. The number of imidazole rings is 1. The molecule has 1 aromatic carbocycles. The summed E-state index contributed by atoms with van der Waals surface area (Å²) in [6, 6.07) is 5.64. The minimum atomic E-state index is -4.56. The smallest absolute Gasteiger partial charge is 0.304 e. The van der Waals surface area contributed by atoms with Gasteiger partial charge >= 0.3 is 6.18 Å². The van der Waals surface area contributed by atoms with Gasteiger partial charge in [0.1, 0.15) is 5.82 Å². The van der Waals surface area contributed by atoms with Gasteiger partial charge < -0.3 is 4.99 Å². The van der Waals surface area contributed by atoms with Crippen molar-refractivity contribution in [3.8, 4) is 5.69 Å². The third-order valence-corrected chi connectivity index (χ3v) is 4.53. The van der Waals surface area contributed by atoms with E-state index >= 15 is 0 Å². The van der Waals surface area contributed by atoms with Crippen molar-refractivity contribution < 1.29 is 21.6 Å². The summed E-state index contributed by atoms with van der Waals surface area (Å²) in [6.45, 7) is 6.68. The highest BCUT2D eigenvalue weighted by Gasteiger charge is 2.35. The van der Waals surface area contributed by atoms with Crippen molar-refractivity contribution >= 4 is 22.1 Å². The lowest BCUT2D eigenvalue weighted by Gasteiger charge is -2.09. The Morgan fingerprint density at radius 1 is 1.30 bits per heavy atom. The lowest BCUT2D eigenvalue weighted by atomic mass is 10.2. The zero-order valence-electron chi connectivity index (χ0n) is 15.6. The van der Waals surface area contributed by atoms with E-state index in [1.807, 2.05) is 6.92 Å². The first-order chi connectivity index (χ1) is 12.5. The molecule has 5 nitrogen and oxygen atoms in total. The molecule has 0 aliphatic carbocycles. The molecule has 0 N–H and O–H groups in total. The Kier molecular flexibility index (Phi) is 7.53. The maximum Gasteiger partial charge on any atom is 0.434 e. The number of halogens is 3. The summed E-state index contributed by atoms with van der Waals surface area (Å²) in [5.41, 5.74) is 0.0259. The van der Waals surface area contributed by atoms with E-state index in [1.54, 1.807) is 20.0 Å². The monoisotopic (exact) mass is 401 g/mol. The van der Waals surface area contributed by atoms with Crippen LogP contribution in [0.4, 0.5) is 13.2 Å². The average molecular weight is 401 g/mol. The van der Waals surface area contributed by atoms with E-state index < -0.39 is 21.7 Å². The van der Waals surface area contributed by atoms with E-state index in [0.717, 1.165) is 12.5 Å². The Morgan fingerprint density at radius 2 is 1.81 bits per heavy atom. The van der Waals surface area contributed by atoms with Crippen LogP contribution in [0, 0.1) is 0 Å². The van der Waals surface area contributed by atoms with Crippen molar-refractivity contribution in [2.45, 2.75) is 31.3 Å². The van der Waals surface area contributed by atoms with Gasteiger partial charge in [0.05, 0.1) is 4.90 Å². The second kappa shape index (κ2) is 8.98. The topological polar surface area (TPSA) is 64.3 Å². The first-order valence-electron chi connectivity index (χ1n) is 7.94. The van der Waals surface area contributed by atoms with Crippen molar-refractivity contribution in [1.29, 1.82) is 0 Å². The normalized spacial score (nSPS) is 12.3. The van der Waals surface area contributed by atoms with Crippen molar-refractivity contribution in [2.75, 3.05) is 13.3 Å². The highest BCUT2D eigenvalue weighted by atomic mass is 32.2. The summed E-state index contributed by atoms with van der Waals surface area (Å²) >= 11 is 0. The number of benzene rings is 1. The van der Waals surface area contributed by atoms with Crippen LogP contribution >= 0.6 is 0 Å². The molecule has 2 rings (SSSR count). The molecular weight excluding hydrogens is 379 g/mol. The Labute approximate surface area is 157 Å². The van der Waals surface area contributed by atoms with Gasteiger partial charge in [0.2, 0.25) is 0 Å². The maximum atomic E-state index is 13.0. The summed E-state index contributed by atoms with van der Waals surface area (Å²) in [7, 11) is -1.73. The minimum Gasteiger partial charge on any atom is -0.304 e. The predicted molar refractivity (Wildman–Crippen MR) is 101 cm³/mol. The molecule has 9 heteroatoms. The van der Waals surface area contributed by atoms with Gasteiger partial charge in [-0.1, -0.05) is 13.0 Å². The van der Waals surface area contributed by atoms with Crippen LogP contribution in [0.2, 0.25) is 0 Å². The number of allylic oxidation sites excluding steroid dienone is 2. The summed E-state index contributed by atoms with van der Waals surface area (Å²) in [6.07, 6.45) is -0.131. The standard InChI is InChI=1S/C16H17F3N2O2S.C2H5N/c1-4-5-11(2)15-20-14(16(17,18)19)10-21(15)12-6-8-13(9-7-12)24(3,22)23;1-3-2/h5-10H,4H2,1-3H3;1H2,2H3/b11-5+;. The molecule has 0 unspecified atom stereocenters. The van der Waals surface area contributed by atoms with Crippen LogP contribution in [0.1, 0.15) is 31.8 Å². The van der Waals surface area contributed by atoms with Gasteiger partial charge in [0.15, 0.2) is 15.5 Å². The van der Waals surface area contributed by atoms with Crippen LogP contribution in [-0.2, 0) is 16.0 Å². The van der Waals surface area contributed by atoms with Gasteiger partial charge in [-0.15, -0.1) is 0 Å². The van der Waals surface area contributed by atoms with Gasteiger partial charge in [-0.05, 0) is 49.9 Å². The third-order valence-electron chi connectivity index (χ3n) is 3.40. The second-order valence-electron chi connectivity index (χ2n) is 5.70. The van der Waals surface area contributed by atoms with Crippen molar-refractivity contribution in [3.05, 3.63) is 48.1 Å². The molecule has 0 bridgehead atoms. The fourth-order valence-corrected chi connectivity index (χ4v) is 2.87. The van der Waals surface area contributed by atoms with E-state index in [0.29, 0.717) is 17.7 Å². The SMILES string of the molecule is C=NC.CC/C=C(\C)c1nc(C(F)(F)F)cn1-c1ccc(S(C)(=O)=O)cc1. The maximum absolute atomic E-state index is 13.0. The number of rotatable bonds is 4. The Balaban J connectivity index is 0.00000114. The number of hydrogen-bond donors (Lipinski definition) is 0. The van der Waals surface area contributed by atoms with Crippen molar-refractivity contribution in [1.82, 2.24) is 9.55 Å². The van der Waals surface area contributed by atoms with E-state index in [1.165, 1.54) is 28.8 Å². The molecule has 148 valence electrons. The van der Waals surface area contributed by atoms with Gasteiger partial charge in [-0.25, -0.2) is 13.4 Å². The number of nitrogens with zero attached hydrogens (tertiary/aromatic N) is 3. The van der Waals surface area contributed by atoms with Crippen LogP contribution in [0.3, 0.4) is 0 Å². The molecule has 2 aromatic rings. The summed E-state index contributed by atoms with van der Waals surface area (Å²) in [5.74, 6) is 0.177. The molecular formula is C18H22F3N3O2S. The average Bonchev–Trinajstić information content (AvgIpc) is 3.01. The number of aliphatic imine (C=N–C) groups is 1. The first-order valence-corrected chi connectivity index (χ1v) is 9.83. The summed E-state index contributed by atoms with van der Waals surface area (Å²) < 4.78 is 63.3. The Hall–Kier alpha value is -2.42. The van der Waals surface area contributed by atoms with Gasteiger partial charge in [-0.2, -0.15) is 13.2 Å². The summed E-state index contributed by atoms with van der Waals surface area (Å²) in [5, 5.41) is 0. The first kappa shape index (κ1) is 22.6. The molecule has 0 saturated heterocycles. The molecule has 0 atom stereocenters. The van der Waals surface area contributed by atoms with E-state index in [2.05, 4.69) is 16.7 Å². The molecule has 0 radical (unpaired) electrons. The van der Waals surface area contributed by atoms with Gasteiger partial charge in [0, 0.05) is 25.2 Å². The van der Waals surface area contributed by atoms with Crippen LogP contribution in [0.15, 0.2) is 46.4 Å². The van der Waals surface area contributed by atoms with E-state index in [-0.39, 0.29) is 10.7 Å². The fraction of sp³-hybridized carbons (Fsp3) is 0.333. The molecule has 0 aliphatic heterocycles. The van der Waals surface area contributed by atoms with Crippen LogP contribution in [0.25, 0.3) is 11.3 Å². The number of alkyl halides is 3. The van der Waals surface area contributed by atoms with E-state index in [4.69, 9.17) is 0 Å². The Bertz CT molecular complexity index is 912. The predicted octanol–water partition coefficient (Wildman–Crippen LogP) is 4.42. The highest BCUT2D eigenvalue weighted by molar-refractivity contribution is 7.90. The molecule has 1 heterocycles. The lowest BCUT2D eigenvalue weighted by Crippen LogP contribution is -2.05. The number of hydrogen-bond acceptors (Lipinski definition) is 4. The molecule has 0 spiro atoms. The second-order valence-corrected chi connectivity index (χ2v) is 7.71. The number of aromatic nitrogens is 2. The molecule has 1 aromatic heterocycles. The molecule has 0 saturated carbocycles. The zero-order chi connectivity index (χ0) is 20.8. The minimum absolute atomic E-state index is 0.102. The van der Waals surface area contributed by atoms with Crippen molar-refractivity contribution in [2.24, 2.45) is 4.99 Å². The van der Waals surface area contributed by atoms with Crippen LogP contribution < -0.4 is 0 Å². The molecule has 0 amide bonds. The van der Waals surface area contributed by atoms with Gasteiger partial charge in [-0.3, -0.25) is 4.57 Å². The van der Waals surface area contributed by atoms with E-state index in [9.17, 15) is 21.6 Å². The fourth-order valence-electron chi connectivity index (χ4n) is 2.24. The Morgan fingerprint density at radius 3 is 2.22 bits per heavy atom. The van der Waals surface area contributed by atoms with Crippen LogP contribution in [-0.4, -0.2) is 38.0 Å². The highest BCUT2D eigenvalue weighted by Crippen LogP contribution is 2.31. The third kappa shape index (κ3) is 6.06. The number of sulfone groups is 1. The summed E-state index contributed by atoms with van der Waals surface area (Å²) in [4.78, 5) is 7.05. The van der Waals surface area contributed by atoms with Crippen molar-refractivity contribution in [3.63, 3.8) is 0 Å². The molecule has 27 heavy (non-hydrogen) atoms. The van der Waals surface area contributed by atoms with Gasteiger partial charge in [0.25, 0.3) is 0 Å². The lowest BCUT2D eigenvalue weighted by molar-refractivity contribution is -0.140. The zero-order valence-corrected chi connectivity index (χ0v) is 16.4. The van der Waals surface area contributed by atoms with Crippen LogP contribution in [0.5, 0.6) is 0 Å². The quantitative estimate of drug-likeness (QED) is 0.712. The molecule has 0 fully saturated rings.